The highest BCUT2D eigenvalue weighted by molar-refractivity contribution is 7.26. The molecule has 0 N–H and O–H groups in total. The highest BCUT2D eigenvalue weighted by Crippen LogP contribution is 2.45. The van der Waals surface area contributed by atoms with Crippen molar-refractivity contribution >= 4 is 53.4 Å². The van der Waals surface area contributed by atoms with Crippen LogP contribution in [0, 0.1) is 0 Å². The summed E-state index contributed by atoms with van der Waals surface area (Å²) in [6.45, 7) is 0. The second-order valence-corrected chi connectivity index (χ2v) is 15.0. The fourth-order valence-electron chi connectivity index (χ4n) is 7.90. The van der Waals surface area contributed by atoms with Crippen LogP contribution in [0.2, 0.25) is 0 Å². The minimum atomic E-state index is 0.599. The minimum Gasteiger partial charge on any atom is -0.456 e. The molecular weight excluding hydrogens is 703 g/mol. The molecule has 4 nitrogen and oxygen atoms in total. The van der Waals surface area contributed by atoms with E-state index in [0.29, 0.717) is 17.5 Å². The van der Waals surface area contributed by atoms with E-state index in [1.807, 2.05) is 59.9 Å². The lowest BCUT2D eigenvalue weighted by atomic mass is 9.96. The smallest absolute Gasteiger partial charge is 0.164 e. The molecule has 11 aromatic rings. The highest BCUT2D eigenvalue weighted by Gasteiger charge is 2.20. The average molecular weight is 734 g/mol. The summed E-state index contributed by atoms with van der Waals surface area (Å²) in [5.41, 5.74) is 11.5. The molecule has 262 valence electrons. The third-order valence-electron chi connectivity index (χ3n) is 10.6. The molecule has 0 unspecified atom stereocenters. The van der Waals surface area contributed by atoms with E-state index in [1.54, 1.807) is 0 Å². The molecule has 0 amide bonds. The summed E-state index contributed by atoms with van der Waals surface area (Å²) in [5, 5.41) is 4.53. The van der Waals surface area contributed by atoms with E-state index in [4.69, 9.17) is 19.4 Å². The quantitative estimate of drug-likeness (QED) is 0.171. The fraction of sp³-hybridized carbons (Fsp3) is 0. The zero-order valence-electron chi connectivity index (χ0n) is 30.1. The number of hydrogen-bond donors (Lipinski definition) is 0. The van der Waals surface area contributed by atoms with Gasteiger partial charge < -0.3 is 4.42 Å². The van der Waals surface area contributed by atoms with Gasteiger partial charge >= 0.3 is 0 Å². The van der Waals surface area contributed by atoms with Gasteiger partial charge in [-0.25, -0.2) is 15.0 Å². The Labute approximate surface area is 327 Å². The summed E-state index contributed by atoms with van der Waals surface area (Å²) in [6, 6.07) is 65.6. The minimum absolute atomic E-state index is 0.599. The molecule has 8 aromatic carbocycles. The summed E-state index contributed by atoms with van der Waals surface area (Å²) in [4.78, 5) is 15.2. The topological polar surface area (TPSA) is 51.8 Å². The number of aromatic nitrogens is 3. The first-order chi connectivity index (χ1) is 27.7. The molecule has 5 heteroatoms. The van der Waals surface area contributed by atoms with Crippen molar-refractivity contribution in [2.24, 2.45) is 0 Å². The van der Waals surface area contributed by atoms with Crippen LogP contribution in [0.1, 0.15) is 0 Å². The second kappa shape index (κ2) is 13.3. The van der Waals surface area contributed by atoms with Crippen molar-refractivity contribution in [1.82, 2.24) is 15.0 Å². The SMILES string of the molecule is c1ccc(-c2ccc(-c3nc(-c4ccccc4)nc(-c4cccc5oc6cc(-c7cccc8sc9c(-c%10ccccc%10)cccc9c78)ccc6c45)n3)cc2)cc1. The Hall–Kier alpha value is -7.21. The predicted molar refractivity (Wildman–Crippen MR) is 233 cm³/mol. The first-order valence-corrected chi connectivity index (χ1v) is 19.5. The first kappa shape index (κ1) is 32.2. The second-order valence-electron chi connectivity index (χ2n) is 13.9. The van der Waals surface area contributed by atoms with E-state index >= 15 is 0 Å². The van der Waals surface area contributed by atoms with Crippen LogP contribution in [0.3, 0.4) is 0 Å². The molecule has 0 radical (unpaired) electrons. The van der Waals surface area contributed by atoms with E-state index in [9.17, 15) is 0 Å². The number of furan rings is 1. The summed E-state index contributed by atoms with van der Waals surface area (Å²) < 4.78 is 9.22. The van der Waals surface area contributed by atoms with Crippen LogP contribution >= 0.6 is 11.3 Å². The van der Waals surface area contributed by atoms with Crippen LogP contribution < -0.4 is 0 Å². The molecule has 0 fully saturated rings. The van der Waals surface area contributed by atoms with E-state index in [0.717, 1.165) is 49.8 Å². The molecule has 0 saturated carbocycles. The van der Waals surface area contributed by atoms with Crippen molar-refractivity contribution in [1.29, 1.82) is 0 Å². The van der Waals surface area contributed by atoms with Crippen LogP contribution in [-0.4, -0.2) is 15.0 Å². The molecule has 0 spiro atoms. The van der Waals surface area contributed by atoms with Crippen molar-refractivity contribution < 1.29 is 4.42 Å². The van der Waals surface area contributed by atoms with Crippen molar-refractivity contribution in [2.75, 3.05) is 0 Å². The van der Waals surface area contributed by atoms with Gasteiger partial charge in [0.15, 0.2) is 17.5 Å². The van der Waals surface area contributed by atoms with Crippen molar-refractivity contribution in [3.8, 4) is 67.5 Å². The number of thiophene rings is 1. The zero-order valence-corrected chi connectivity index (χ0v) is 30.9. The first-order valence-electron chi connectivity index (χ1n) is 18.7. The van der Waals surface area contributed by atoms with Gasteiger partial charge in [-0.3, -0.25) is 0 Å². The van der Waals surface area contributed by atoms with E-state index < -0.39 is 0 Å². The molecule has 0 aliphatic heterocycles. The van der Waals surface area contributed by atoms with Gasteiger partial charge in [0.2, 0.25) is 0 Å². The lowest BCUT2D eigenvalue weighted by molar-refractivity contribution is 0.669. The van der Waals surface area contributed by atoms with Gasteiger partial charge in [0.05, 0.1) is 0 Å². The maximum Gasteiger partial charge on any atom is 0.164 e. The van der Waals surface area contributed by atoms with Gasteiger partial charge in [-0.05, 0) is 57.6 Å². The molecule has 0 saturated heterocycles. The van der Waals surface area contributed by atoms with Crippen molar-refractivity contribution in [3.63, 3.8) is 0 Å². The molecule has 0 aliphatic carbocycles. The Bertz CT molecular complexity index is 3230. The Morgan fingerprint density at radius 1 is 0.339 bits per heavy atom. The van der Waals surface area contributed by atoms with Gasteiger partial charge in [-0.2, -0.15) is 0 Å². The summed E-state index contributed by atoms with van der Waals surface area (Å²) in [6.07, 6.45) is 0. The van der Waals surface area contributed by atoms with Gasteiger partial charge in [0.1, 0.15) is 11.2 Å². The van der Waals surface area contributed by atoms with Crippen LogP contribution in [0.15, 0.2) is 192 Å². The molecule has 3 heterocycles. The molecule has 56 heavy (non-hydrogen) atoms. The Balaban J connectivity index is 1.05. The molecule has 0 bridgehead atoms. The van der Waals surface area contributed by atoms with E-state index in [-0.39, 0.29) is 0 Å². The normalized spacial score (nSPS) is 11.6. The fourth-order valence-corrected chi connectivity index (χ4v) is 9.16. The maximum absolute atomic E-state index is 6.65. The zero-order chi connectivity index (χ0) is 37.0. The van der Waals surface area contributed by atoms with Gasteiger partial charge in [0, 0.05) is 47.6 Å². The Morgan fingerprint density at radius 3 is 1.64 bits per heavy atom. The van der Waals surface area contributed by atoms with E-state index in [1.165, 1.54) is 42.4 Å². The number of fused-ring (bicyclic) bond motifs is 6. The largest absolute Gasteiger partial charge is 0.456 e. The number of rotatable bonds is 6. The van der Waals surface area contributed by atoms with Crippen LogP contribution in [0.4, 0.5) is 0 Å². The molecule has 11 rings (SSSR count). The molecule has 3 aromatic heterocycles. The predicted octanol–water partition coefficient (Wildman–Crippen LogP) is 14.1. The summed E-state index contributed by atoms with van der Waals surface area (Å²) in [5.74, 6) is 1.84. The van der Waals surface area contributed by atoms with Gasteiger partial charge in [-0.15, -0.1) is 11.3 Å². The van der Waals surface area contributed by atoms with Crippen LogP contribution in [0.5, 0.6) is 0 Å². The van der Waals surface area contributed by atoms with Crippen molar-refractivity contribution in [3.05, 3.63) is 188 Å². The molecular formula is C51H31N3OS. The third-order valence-corrected chi connectivity index (χ3v) is 11.8. The van der Waals surface area contributed by atoms with E-state index in [2.05, 4.69) is 140 Å². The average Bonchev–Trinajstić information content (AvgIpc) is 3.86. The highest BCUT2D eigenvalue weighted by atomic mass is 32.1. The molecule has 0 atom stereocenters. The van der Waals surface area contributed by atoms with Gasteiger partial charge in [0.25, 0.3) is 0 Å². The number of nitrogens with zero attached hydrogens (tertiary/aromatic N) is 3. The lowest BCUT2D eigenvalue weighted by Crippen LogP contribution is -2.00. The number of benzene rings is 8. The third kappa shape index (κ3) is 5.48. The van der Waals surface area contributed by atoms with Crippen molar-refractivity contribution in [2.45, 2.75) is 0 Å². The summed E-state index contributed by atoms with van der Waals surface area (Å²) in [7, 11) is 0. The Kier molecular flexibility index (Phi) is 7.64. The molecule has 0 aliphatic rings. The number of hydrogen-bond acceptors (Lipinski definition) is 5. The van der Waals surface area contributed by atoms with Crippen LogP contribution in [0.25, 0.3) is 110 Å². The monoisotopic (exact) mass is 733 g/mol. The standard InChI is InChI=1S/C51H31N3OS/c1-4-13-32(14-5-1)33-25-27-36(28-26-33)50-52-49(35-17-8-3-9-18-35)53-51(54-50)42-22-11-23-43-46(42)40-30-29-37(31-44(40)55-43)38-19-12-24-45-47(38)41-21-10-20-39(48(41)56-45)34-15-6-2-7-16-34/h1-31H. The maximum atomic E-state index is 6.65. The van der Waals surface area contributed by atoms with Crippen LogP contribution in [-0.2, 0) is 0 Å². The Morgan fingerprint density at radius 2 is 0.893 bits per heavy atom. The van der Waals surface area contributed by atoms with Gasteiger partial charge in [-0.1, -0.05) is 164 Å². The lowest BCUT2D eigenvalue weighted by Gasteiger charge is -2.10. The summed E-state index contributed by atoms with van der Waals surface area (Å²) >= 11 is 1.85.